The van der Waals surface area contributed by atoms with Gasteiger partial charge in [-0.05, 0) is 29.8 Å². The average molecular weight is 302 g/mol. The predicted octanol–water partition coefficient (Wildman–Crippen LogP) is 2.51. The Bertz CT molecular complexity index is 440. The molecule has 0 atom stereocenters. The van der Waals surface area contributed by atoms with Gasteiger partial charge in [-0.15, -0.1) is 0 Å². The van der Waals surface area contributed by atoms with Crippen LogP contribution in [0.15, 0.2) is 10.5 Å². The van der Waals surface area contributed by atoms with E-state index in [0.29, 0.717) is 34.7 Å². The van der Waals surface area contributed by atoms with Gasteiger partial charge >= 0.3 is 0 Å². The van der Waals surface area contributed by atoms with Crippen molar-refractivity contribution in [2.45, 2.75) is 25.8 Å². The number of benzene rings is 1. The number of halogens is 1. The van der Waals surface area contributed by atoms with Gasteiger partial charge in [0.15, 0.2) is 11.5 Å². The van der Waals surface area contributed by atoms with Crippen LogP contribution in [0.5, 0.6) is 17.2 Å². The molecule has 1 aromatic rings. The van der Waals surface area contributed by atoms with E-state index in [-0.39, 0.29) is 5.75 Å². The van der Waals surface area contributed by atoms with Gasteiger partial charge < -0.3 is 20.3 Å². The third-order valence-electron chi connectivity index (χ3n) is 2.61. The van der Waals surface area contributed by atoms with E-state index in [9.17, 15) is 5.11 Å². The van der Waals surface area contributed by atoms with Gasteiger partial charge in [0.25, 0.3) is 0 Å². The van der Waals surface area contributed by atoms with Crippen LogP contribution in [0.2, 0.25) is 0 Å². The summed E-state index contributed by atoms with van der Waals surface area (Å²) in [6, 6.07) is 1.71. The number of aromatic hydroxyl groups is 1. The van der Waals surface area contributed by atoms with Crippen LogP contribution < -0.4 is 15.2 Å². The summed E-state index contributed by atoms with van der Waals surface area (Å²) in [4.78, 5) is 0. The summed E-state index contributed by atoms with van der Waals surface area (Å²) >= 11 is 3.30. The minimum absolute atomic E-state index is 0.113. The molecule has 4 nitrogen and oxygen atoms in total. The summed E-state index contributed by atoms with van der Waals surface area (Å²) in [5.41, 5.74) is 5.96. The van der Waals surface area contributed by atoms with E-state index in [0.717, 1.165) is 6.42 Å². The van der Waals surface area contributed by atoms with Crippen molar-refractivity contribution >= 4 is 15.9 Å². The molecule has 1 aliphatic rings. The van der Waals surface area contributed by atoms with Crippen molar-refractivity contribution in [3.63, 3.8) is 0 Å². The molecule has 0 radical (unpaired) electrons. The molecule has 0 aliphatic carbocycles. The molecular formula is C12H16BrNO3. The Labute approximate surface area is 109 Å². The molecular weight excluding hydrogens is 286 g/mol. The Morgan fingerprint density at radius 1 is 1.35 bits per heavy atom. The second-order valence-corrected chi connectivity index (χ2v) is 5.54. The predicted molar refractivity (Wildman–Crippen MR) is 68.6 cm³/mol. The van der Waals surface area contributed by atoms with Gasteiger partial charge in [0.2, 0.25) is 0 Å². The van der Waals surface area contributed by atoms with E-state index in [1.54, 1.807) is 6.07 Å². The minimum Gasteiger partial charge on any atom is -0.506 e. The molecule has 0 amide bonds. The van der Waals surface area contributed by atoms with Gasteiger partial charge in [0.05, 0.1) is 23.2 Å². The highest BCUT2D eigenvalue weighted by molar-refractivity contribution is 9.10. The van der Waals surface area contributed by atoms with E-state index in [2.05, 4.69) is 15.9 Å². The van der Waals surface area contributed by atoms with Gasteiger partial charge in [-0.1, -0.05) is 0 Å². The van der Waals surface area contributed by atoms with Crippen molar-refractivity contribution in [2.24, 2.45) is 5.73 Å². The van der Waals surface area contributed by atoms with Crippen LogP contribution in [-0.2, 0) is 5.54 Å². The molecule has 3 N–H and O–H groups in total. The van der Waals surface area contributed by atoms with Gasteiger partial charge in [-0.25, -0.2) is 0 Å². The Balaban J connectivity index is 2.66. The second kappa shape index (κ2) is 4.38. The van der Waals surface area contributed by atoms with Crippen LogP contribution in [0, 0.1) is 0 Å². The molecule has 0 bridgehead atoms. The molecule has 94 valence electrons. The maximum atomic E-state index is 10.1. The summed E-state index contributed by atoms with van der Waals surface area (Å²) in [6.07, 6.45) is 0.817. The first-order chi connectivity index (χ1) is 7.91. The van der Waals surface area contributed by atoms with Crippen LogP contribution in [0.4, 0.5) is 0 Å². The Morgan fingerprint density at radius 3 is 2.65 bits per heavy atom. The molecule has 17 heavy (non-hydrogen) atoms. The maximum Gasteiger partial charge on any atom is 0.169 e. The van der Waals surface area contributed by atoms with E-state index in [4.69, 9.17) is 15.2 Å². The topological polar surface area (TPSA) is 64.7 Å². The lowest BCUT2D eigenvalue weighted by atomic mass is 9.93. The summed E-state index contributed by atoms with van der Waals surface area (Å²) < 4.78 is 11.8. The van der Waals surface area contributed by atoms with Gasteiger partial charge in [-0.3, -0.25) is 0 Å². The van der Waals surface area contributed by atoms with Crippen molar-refractivity contribution in [1.82, 2.24) is 0 Å². The highest BCUT2D eigenvalue weighted by Crippen LogP contribution is 2.47. The summed E-state index contributed by atoms with van der Waals surface area (Å²) in [5.74, 6) is 1.29. The maximum absolute atomic E-state index is 10.1. The van der Waals surface area contributed by atoms with Crippen molar-refractivity contribution in [3.05, 3.63) is 16.1 Å². The summed E-state index contributed by atoms with van der Waals surface area (Å²) in [5, 5.41) is 10.1. The van der Waals surface area contributed by atoms with Crippen LogP contribution in [0.25, 0.3) is 0 Å². The first-order valence-electron chi connectivity index (χ1n) is 5.51. The monoisotopic (exact) mass is 301 g/mol. The SMILES string of the molecule is CC(C)(N)c1c(O)c(Br)cc2c1OCCCO2. The first-order valence-corrected chi connectivity index (χ1v) is 6.31. The third-order valence-corrected chi connectivity index (χ3v) is 3.21. The molecule has 0 saturated heterocycles. The molecule has 1 heterocycles. The number of fused-ring (bicyclic) bond motifs is 1. The quantitative estimate of drug-likeness (QED) is 0.836. The second-order valence-electron chi connectivity index (χ2n) is 4.68. The lowest BCUT2D eigenvalue weighted by Crippen LogP contribution is -2.29. The average Bonchev–Trinajstić information content (AvgIpc) is 2.42. The van der Waals surface area contributed by atoms with Crippen LogP contribution >= 0.6 is 15.9 Å². The summed E-state index contributed by atoms with van der Waals surface area (Å²) in [6.45, 7) is 4.82. The highest BCUT2D eigenvalue weighted by atomic mass is 79.9. The Kier molecular flexibility index (Phi) is 3.23. The van der Waals surface area contributed by atoms with Crippen LogP contribution in [0.1, 0.15) is 25.8 Å². The third kappa shape index (κ3) is 2.35. The van der Waals surface area contributed by atoms with Gasteiger partial charge in [-0.2, -0.15) is 0 Å². The smallest absolute Gasteiger partial charge is 0.169 e. The fourth-order valence-electron chi connectivity index (χ4n) is 1.86. The van der Waals surface area contributed by atoms with Crippen LogP contribution in [-0.4, -0.2) is 18.3 Å². The number of phenols is 1. The zero-order valence-electron chi connectivity index (χ0n) is 9.92. The molecule has 1 aromatic carbocycles. The largest absolute Gasteiger partial charge is 0.506 e. The number of hydrogen-bond acceptors (Lipinski definition) is 4. The van der Waals surface area contributed by atoms with E-state index in [1.807, 2.05) is 13.8 Å². The lowest BCUT2D eigenvalue weighted by molar-refractivity contribution is 0.293. The molecule has 2 rings (SSSR count). The standard InChI is InChI=1S/C12H16BrNO3/c1-12(2,14)9-10(15)7(13)6-8-11(9)17-5-3-4-16-8/h6,15H,3-5,14H2,1-2H3. The minimum atomic E-state index is -0.703. The molecule has 5 heteroatoms. The van der Waals surface area contributed by atoms with Gasteiger partial charge in [0, 0.05) is 18.0 Å². The van der Waals surface area contributed by atoms with E-state index < -0.39 is 5.54 Å². The van der Waals surface area contributed by atoms with E-state index in [1.165, 1.54) is 0 Å². The zero-order valence-corrected chi connectivity index (χ0v) is 11.5. The number of rotatable bonds is 1. The molecule has 0 aromatic heterocycles. The highest BCUT2D eigenvalue weighted by Gasteiger charge is 2.29. The number of ether oxygens (including phenoxy) is 2. The molecule has 0 spiro atoms. The number of phenolic OH excluding ortho intramolecular Hbond substituents is 1. The van der Waals surface area contributed by atoms with Crippen LogP contribution in [0.3, 0.4) is 0 Å². The summed E-state index contributed by atoms with van der Waals surface area (Å²) in [7, 11) is 0. The van der Waals surface area contributed by atoms with Crippen molar-refractivity contribution in [3.8, 4) is 17.2 Å². The fourth-order valence-corrected chi connectivity index (χ4v) is 2.27. The van der Waals surface area contributed by atoms with Gasteiger partial charge in [0.1, 0.15) is 5.75 Å². The van der Waals surface area contributed by atoms with Crippen molar-refractivity contribution in [1.29, 1.82) is 0 Å². The number of hydrogen-bond donors (Lipinski definition) is 2. The van der Waals surface area contributed by atoms with Crippen molar-refractivity contribution in [2.75, 3.05) is 13.2 Å². The molecule has 0 saturated carbocycles. The molecule has 1 aliphatic heterocycles. The van der Waals surface area contributed by atoms with Crippen molar-refractivity contribution < 1.29 is 14.6 Å². The fraction of sp³-hybridized carbons (Fsp3) is 0.500. The molecule has 0 unspecified atom stereocenters. The van der Waals surface area contributed by atoms with E-state index >= 15 is 0 Å². The molecule has 0 fully saturated rings. The lowest BCUT2D eigenvalue weighted by Gasteiger charge is -2.25. The Morgan fingerprint density at radius 2 is 2.00 bits per heavy atom. The number of nitrogens with two attached hydrogens (primary N) is 1. The first kappa shape index (κ1) is 12.5. The normalized spacial score (nSPS) is 15.5. The Hall–Kier alpha value is -0.940. The zero-order chi connectivity index (χ0) is 12.6.